The number of carbonyl (C=O) groups is 2. The number of thiol groups is 1. The molecule has 2 N–H and O–H groups in total. The van der Waals surface area contributed by atoms with E-state index in [4.69, 9.17) is 9.92 Å². The minimum absolute atomic E-state index is 0.575. The molecule has 0 aliphatic carbocycles. The van der Waals surface area contributed by atoms with Crippen LogP contribution in [0.3, 0.4) is 0 Å². The highest BCUT2D eigenvalue weighted by Crippen LogP contribution is 2.36. The topological polar surface area (TPSA) is 81.8 Å². The van der Waals surface area contributed by atoms with Crippen LogP contribution in [0.15, 0.2) is 40.9 Å². The highest BCUT2D eigenvalue weighted by Gasteiger charge is 2.16. The molecular formula is C12H12N2O3S. The van der Waals surface area contributed by atoms with Gasteiger partial charge in [0.25, 0.3) is 0 Å². The molecule has 1 amide bonds. The van der Waals surface area contributed by atoms with Crippen molar-refractivity contribution in [1.29, 1.82) is 0 Å². The van der Waals surface area contributed by atoms with Crippen LogP contribution in [0.4, 0.5) is 4.79 Å². The van der Waals surface area contributed by atoms with Crippen LogP contribution >= 0.6 is 11.2 Å². The maximum Gasteiger partial charge on any atom is 0.415 e. The summed E-state index contributed by atoms with van der Waals surface area (Å²) in [6.45, 7) is 0. The van der Waals surface area contributed by atoms with Gasteiger partial charge >= 0.3 is 6.09 Å². The van der Waals surface area contributed by atoms with E-state index in [1.54, 1.807) is 23.7 Å². The van der Waals surface area contributed by atoms with Gasteiger partial charge in [0, 0.05) is 23.6 Å². The van der Waals surface area contributed by atoms with Crippen LogP contribution in [0.25, 0.3) is 0 Å². The lowest BCUT2D eigenvalue weighted by atomic mass is 10.1. The summed E-state index contributed by atoms with van der Waals surface area (Å²) in [5.41, 5.74) is 6.62. The third-order valence-electron chi connectivity index (χ3n) is 2.35. The molecule has 1 aromatic carbocycles. The average molecular weight is 264 g/mol. The van der Waals surface area contributed by atoms with Crippen molar-refractivity contribution >= 4 is 28.6 Å². The zero-order valence-electron chi connectivity index (χ0n) is 9.45. The summed E-state index contributed by atoms with van der Waals surface area (Å²) in [4.78, 5) is 25.4. The van der Waals surface area contributed by atoms with E-state index in [0.717, 1.165) is 16.9 Å². The molecule has 1 aliphatic rings. The molecule has 1 aromatic rings. The highest BCUT2D eigenvalue weighted by molar-refractivity contribution is 8.29. The summed E-state index contributed by atoms with van der Waals surface area (Å²) < 4.78 is 4.97. The molecule has 1 atom stereocenters. The summed E-state index contributed by atoms with van der Waals surface area (Å²) in [5, 5.41) is 2.51. The Balaban J connectivity index is 2.04. The number of amides is 1. The Morgan fingerprint density at radius 3 is 2.72 bits per heavy atom. The average Bonchev–Trinajstić information content (AvgIpc) is 2.77. The number of hydrogen-bond acceptors (Lipinski definition) is 4. The minimum atomic E-state index is -1.16. The Bertz CT molecular complexity index is 523. The largest absolute Gasteiger partial charge is 0.415 e. The molecular weight excluding hydrogens is 252 g/mol. The van der Waals surface area contributed by atoms with E-state index >= 15 is 0 Å². The predicted molar refractivity (Wildman–Crippen MR) is 71.8 cm³/mol. The fraction of sp³-hybridized carbons (Fsp3) is 0.0833. The van der Waals surface area contributed by atoms with Crippen LogP contribution in [0.5, 0.6) is 0 Å². The highest BCUT2D eigenvalue weighted by atomic mass is 32.2. The van der Waals surface area contributed by atoms with Gasteiger partial charge in [-0.3, -0.25) is 9.79 Å². The van der Waals surface area contributed by atoms with Crippen LogP contribution in [-0.2, 0) is 10.6 Å². The number of primary amides is 1. The molecule has 0 spiro atoms. The fourth-order valence-electron chi connectivity index (χ4n) is 1.52. The van der Waals surface area contributed by atoms with Gasteiger partial charge in [0.15, 0.2) is 0 Å². The molecule has 0 fully saturated rings. The quantitative estimate of drug-likeness (QED) is 0.644. The predicted octanol–water partition coefficient (Wildman–Crippen LogP) is 1.94. The summed E-state index contributed by atoms with van der Waals surface area (Å²) in [6, 6.07) is 7.18. The first kappa shape index (κ1) is 12.4. The van der Waals surface area contributed by atoms with Gasteiger partial charge in [-0.25, -0.2) is 4.79 Å². The number of nitrogens with two attached hydrogens (primary N) is 1. The molecule has 94 valence electrons. The standard InChI is InChI=1S/C12H12N2O3S/c13-12(16)17-18-6-5-14-11(18)7-9-1-3-10(8-15)4-2-9/h1-6,8,18H,7H2,(H2,13,16). The molecule has 0 saturated heterocycles. The number of aliphatic imine (C=N–C) groups is 1. The molecule has 1 heterocycles. The molecule has 5 nitrogen and oxygen atoms in total. The van der Waals surface area contributed by atoms with Crippen LogP contribution in [0.1, 0.15) is 15.9 Å². The molecule has 0 aromatic heterocycles. The fourth-order valence-corrected chi connectivity index (χ4v) is 2.76. The molecule has 18 heavy (non-hydrogen) atoms. The Kier molecular flexibility index (Phi) is 3.78. The lowest BCUT2D eigenvalue weighted by molar-refractivity contribution is 0.112. The van der Waals surface area contributed by atoms with Gasteiger partial charge in [-0.2, -0.15) is 0 Å². The monoisotopic (exact) mass is 264 g/mol. The van der Waals surface area contributed by atoms with E-state index in [9.17, 15) is 9.59 Å². The smallest absolute Gasteiger partial charge is 0.392 e. The Hall–Kier alpha value is -2.08. The van der Waals surface area contributed by atoms with E-state index < -0.39 is 17.3 Å². The number of benzene rings is 1. The molecule has 0 bridgehead atoms. The van der Waals surface area contributed by atoms with Gasteiger partial charge < -0.3 is 9.92 Å². The summed E-state index contributed by atoms with van der Waals surface area (Å²) in [5.74, 6) is 0. The normalized spacial score (nSPS) is 19.3. The second-order valence-corrected chi connectivity index (χ2v) is 5.26. The van der Waals surface area contributed by atoms with Gasteiger partial charge in [-0.15, -0.1) is 0 Å². The van der Waals surface area contributed by atoms with Crippen molar-refractivity contribution in [2.45, 2.75) is 6.42 Å². The first-order chi connectivity index (χ1) is 8.69. The van der Waals surface area contributed by atoms with Gasteiger partial charge in [0.1, 0.15) is 6.29 Å². The number of hydrogen-bond donors (Lipinski definition) is 2. The van der Waals surface area contributed by atoms with E-state index in [1.807, 2.05) is 12.1 Å². The van der Waals surface area contributed by atoms with E-state index in [2.05, 4.69) is 4.99 Å². The maximum atomic E-state index is 10.7. The van der Waals surface area contributed by atoms with E-state index in [0.29, 0.717) is 12.0 Å². The van der Waals surface area contributed by atoms with Crippen molar-refractivity contribution in [1.82, 2.24) is 0 Å². The van der Waals surface area contributed by atoms with E-state index in [1.165, 1.54) is 0 Å². The first-order valence-corrected chi connectivity index (χ1v) is 6.56. The third kappa shape index (κ3) is 2.98. The SMILES string of the molecule is NC(=O)O[SH]1C=CN=C1Cc1ccc(C=O)cc1. The molecule has 2 rings (SSSR count). The summed E-state index contributed by atoms with van der Waals surface area (Å²) in [7, 11) is 0. The maximum absolute atomic E-state index is 10.7. The molecule has 6 heteroatoms. The third-order valence-corrected chi connectivity index (χ3v) is 3.91. The van der Waals surface area contributed by atoms with Crippen LogP contribution < -0.4 is 5.73 Å². The zero-order valence-corrected chi connectivity index (χ0v) is 10.3. The second kappa shape index (κ2) is 5.50. The van der Waals surface area contributed by atoms with Crippen molar-refractivity contribution in [3.63, 3.8) is 0 Å². The number of aldehydes is 1. The van der Waals surface area contributed by atoms with Crippen molar-refractivity contribution in [2.75, 3.05) is 0 Å². The van der Waals surface area contributed by atoms with Crippen molar-refractivity contribution in [2.24, 2.45) is 10.7 Å². The van der Waals surface area contributed by atoms with Gasteiger partial charge in [0.2, 0.25) is 0 Å². The van der Waals surface area contributed by atoms with E-state index in [-0.39, 0.29) is 0 Å². The second-order valence-electron chi connectivity index (χ2n) is 3.62. The lowest BCUT2D eigenvalue weighted by Crippen LogP contribution is -2.14. The first-order valence-electron chi connectivity index (χ1n) is 5.23. The number of nitrogens with zero attached hydrogens (tertiary/aromatic N) is 1. The van der Waals surface area contributed by atoms with Crippen molar-refractivity contribution in [3.8, 4) is 0 Å². The molecule has 0 radical (unpaired) electrons. The lowest BCUT2D eigenvalue weighted by Gasteiger charge is -2.15. The van der Waals surface area contributed by atoms with Crippen LogP contribution in [0, 0.1) is 0 Å². The summed E-state index contributed by atoms with van der Waals surface area (Å²) >= 11 is -1.16. The number of carbonyl (C=O) groups excluding carboxylic acids is 2. The van der Waals surface area contributed by atoms with Crippen molar-refractivity contribution < 1.29 is 13.8 Å². The Morgan fingerprint density at radius 2 is 2.11 bits per heavy atom. The Morgan fingerprint density at radius 1 is 1.39 bits per heavy atom. The molecule has 0 saturated carbocycles. The van der Waals surface area contributed by atoms with Gasteiger partial charge in [0.05, 0.1) is 5.04 Å². The number of rotatable bonds is 4. The van der Waals surface area contributed by atoms with Crippen molar-refractivity contribution in [3.05, 3.63) is 47.0 Å². The van der Waals surface area contributed by atoms with Crippen LogP contribution in [0.2, 0.25) is 0 Å². The van der Waals surface area contributed by atoms with Gasteiger partial charge in [-0.1, -0.05) is 24.3 Å². The minimum Gasteiger partial charge on any atom is -0.392 e. The Labute approximate surface area is 107 Å². The molecule has 1 unspecified atom stereocenters. The van der Waals surface area contributed by atoms with Gasteiger partial charge in [-0.05, 0) is 16.7 Å². The van der Waals surface area contributed by atoms with Crippen LogP contribution in [-0.4, -0.2) is 17.4 Å². The molecule has 1 aliphatic heterocycles. The summed E-state index contributed by atoms with van der Waals surface area (Å²) in [6.07, 6.45) is 2.19. The zero-order chi connectivity index (χ0) is 13.0.